The van der Waals surface area contributed by atoms with Gasteiger partial charge in [-0.2, -0.15) is 5.10 Å². The van der Waals surface area contributed by atoms with Gasteiger partial charge in [0, 0.05) is 0 Å². The highest BCUT2D eigenvalue weighted by Crippen LogP contribution is 1.98. The zero-order valence-electron chi connectivity index (χ0n) is 4.86. The summed E-state index contributed by atoms with van der Waals surface area (Å²) in [7, 11) is -3.77. The van der Waals surface area contributed by atoms with Crippen LogP contribution in [0, 0.1) is 0 Å². The van der Waals surface area contributed by atoms with E-state index in [1.807, 2.05) is 5.43 Å². The molecule has 0 atom stereocenters. The highest BCUT2D eigenvalue weighted by molar-refractivity contribution is 8.04. The van der Waals surface area contributed by atoms with Crippen LogP contribution in [0.2, 0.25) is 0 Å². The fourth-order valence-corrected chi connectivity index (χ4v) is 1.01. The molecule has 0 saturated heterocycles. The molecule has 0 saturated carbocycles. The molecule has 1 aliphatic heterocycles. The van der Waals surface area contributed by atoms with Gasteiger partial charge >= 0.3 is 0 Å². The molecule has 0 aliphatic carbocycles. The smallest absolute Gasteiger partial charge is 0.253 e. The number of nitrogens with one attached hydrogen (secondary N) is 1. The molecule has 1 rings (SSSR count). The van der Waals surface area contributed by atoms with E-state index in [1.165, 1.54) is 0 Å². The first kappa shape index (κ1) is 7.16. The van der Waals surface area contributed by atoms with Gasteiger partial charge in [-0.25, -0.2) is 19.0 Å². The van der Waals surface area contributed by atoms with Gasteiger partial charge in [0.25, 0.3) is 10.0 Å². The lowest BCUT2D eigenvalue weighted by Gasteiger charge is -1.88. The molecule has 1 aliphatic rings. The summed E-state index contributed by atoms with van der Waals surface area (Å²) < 4.78 is 20.9. The first-order valence-electron chi connectivity index (χ1n) is 2.38. The quantitative estimate of drug-likeness (QED) is 0.436. The lowest BCUT2D eigenvalue weighted by atomic mass is 10.5. The molecule has 0 unspecified atom stereocenters. The van der Waals surface area contributed by atoms with Gasteiger partial charge in [0.2, 0.25) is 5.91 Å². The lowest BCUT2D eigenvalue weighted by molar-refractivity contribution is -0.119. The van der Waals surface area contributed by atoms with Crippen molar-refractivity contribution in [3.05, 3.63) is 0 Å². The summed E-state index contributed by atoms with van der Waals surface area (Å²) in [6, 6.07) is 0. The largest absolute Gasteiger partial charge is 0.273 e. The van der Waals surface area contributed by atoms with Crippen LogP contribution in [-0.2, 0) is 14.8 Å². The first-order chi connectivity index (χ1) is 4.50. The minimum Gasteiger partial charge on any atom is -0.273 e. The third-order valence-corrected chi connectivity index (χ3v) is 1.84. The van der Waals surface area contributed by atoms with Crippen LogP contribution in [0.25, 0.3) is 0 Å². The number of primary sulfonamides is 1. The molecule has 6 nitrogen and oxygen atoms in total. The SMILES string of the molecule is NS(=O)(=O)C1=NNC(=O)C1. The van der Waals surface area contributed by atoms with Gasteiger partial charge in [-0.3, -0.25) is 4.79 Å². The number of carbonyl (C=O) groups excluding carboxylic acids is 1. The van der Waals surface area contributed by atoms with Crippen molar-refractivity contribution in [3.63, 3.8) is 0 Å². The maximum Gasteiger partial charge on any atom is 0.253 e. The highest BCUT2D eigenvalue weighted by atomic mass is 32.2. The lowest BCUT2D eigenvalue weighted by Crippen LogP contribution is -2.22. The standard InChI is InChI=1S/C3H5N3O3S/c4-10(8,9)3-1-2(7)5-6-3/h1H2,(H,5,7)(H2,4,8,9). The molecule has 10 heavy (non-hydrogen) atoms. The van der Waals surface area contributed by atoms with Gasteiger partial charge in [-0.15, -0.1) is 0 Å². The summed E-state index contributed by atoms with van der Waals surface area (Å²) in [5.74, 6) is -0.455. The topological polar surface area (TPSA) is 102 Å². The molecule has 0 radical (unpaired) electrons. The summed E-state index contributed by atoms with van der Waals surface area (Å²) in [6.07, 6.45) is -0.251. The maximum atomic E-state index is 10.4. The predicted octanol–water partition coefficient (Wildman–Crippen LogP) is -1.89. The molecule has 1 amide bonds. The second kappa shape index (κ2) is 2.03. The number of hydrogen-bond acceptors (Lipinski definition) is 4. The number of amides is 1. The van der Waals surface area contributed by atoms with Gasteiger partial charge in [0.05, 0.1) is 6.42 Å². The second-order valence-electron chi connectivity index (χ2n) is 1.76. The minimum absolute atomic E-state index is 0.251. The van der Waals surface area contributed by atoms with Gasteiger partial charge in [-0.1, -0.05) is 0 Å². The van der Waals surface area contributed by atoms with Gasteiger partial charge in [0.15, 0.2) is 5.04 Å². The van der Waals surface area contributed by atoms with Crippen LogP contribution in [0.3, 0.4) is 0 Å². The van der Waals surface area contributed by atoms with Crippen LogP contribution in [0.1, 0.15) is 6.42 Å². The van der Waals surface area contributed by atoms with E-state index in [1.54, 1.807) is 0 Å². The summed E-state index contributed by atoms with van der Waals surface area (Å²) in [6.45, 7) is 0. The van der Waals surface area contributed by atoms with Gasteiger partial charge in [0.1, 0.15) is 0 Å². The van der Waals surface area contributed by atoms with E-state index >= 15 is 0 Å². The molecule has 7 heteroatoms. The Morgan fingerprint density at radius 3 is 2.40 bits per heavy atom. The monoisotopic (exact) mass is 163 g/mol. The zero-order valence-corrected chi connectivity index (χ0v) is 5.68. The Labute approximate surface area is 57.1 Å². The molecule has 0 aromatic heterocycles. The molecule has 1 heterocycles. The first-order valence-corrected chi connectivity index (χ1v) is 3.93. The molecule has 0 spiro atoms. The van der Waals surface area contributed by atoms with Crippen LogP contribution in [-0.4, -0.2) is 19.4 Å². The average molecular weight is 163 g/mol. The summed E-state index contributed by atoms with van der Waals surface area (Å²) in [5.41, 5.74) is 1.97. The molecular formula is C3H5N3O3S. The molecule has 56 valence electrons. The molecule has 3 N–H and O–H groups in total. The molecule has 0 fully saturated rings. The van der Waals surface area contributed by atoms with E-state index in [-0.39, 0.29) is 11.5 Å². The van der Waals surface area contributed by atoms with E-state index in [0.717, 1.165) is 0 Å². The van der Waals surface area contributed by atoms with Crippen LogP contribution < -0.4 is 10.6 Å². The summed E-state index contributed by atoms with van der Waals surface area (Å²) >= 11 is 0. The average Bonchev–Trinajstić information content (AvgIpc) is 2.11. The van der Waals surface area contributed by atoms with E-state index in [9.17, 15) is 13.2 Å². The number of sulfonamides is 1. The number of hydrogen-bond donors (Lipinski definition) is 2. The molecule has 0 bridgehead atoms. The molecule has 0 aromatic carbocycles. The van der Waals surface area contributed by atoms with Crippen molar-refractivity contribution in [1.82, 2.24) is 5.43 Å². The molecular weight excluding hydrogens is 158 g/mol. The summed E-state index contributed by atoms with van der Waals surface area (Å²) in [4.78, 5) is 10.4. The van der Waals surface area contributed by atoms with Crippen molar-refractivity contribution in [3.8, 4) is 0 Å². The van der Waals surface area contributed by atoms with Crippen molar-refractivity contribution in [1.29, 1.82) is 0 Å². The van der Waals surface area contributed by atoms with Crippen molar-refractivity contribution in [2.75, 3.05) is 0 Å². The third-order valence-electron chi connectivity index (χ3n) is 0.946. The van der Waals surface area contributed by atoms with Crippen molar-refractivity contribution < 1.29 is 13.2 Å². The Morgan fingerprint density at radius 2 is 2.20 bits per heavy atom. The predicted molar refractivity (Wildman–Crippen MR) is 33.3 cm³/mol. The van der Waals surface area contributed by atoms with Gasteiger partial charge in [-0.05, 0) is 0 Å². The highest BCUT2D eigenvalue weighted by Gasteiger charge is 2.23. The van der Waals surface area contributed by atoms with E-state index in [4.69, 9.17) is 0 Å². The summed E-state index contributed by atoms with van der Waals surface area (Å²) in [5, 5.41) is 7.54. The minimum atomic E-state index is -3.77. The Balaban J connectivity index is 2.89. The molecule has 0 aromatic rings. The Hall–Kier alpha value is -0.950. The van der Waals surface area contributed by atoms with E-state index in [2.05, 4.69) is 10.2 Å². The van der Waals surface area contributed by atoms with Crippen LogP contribution in [0.4, 0.5) is 0 Å². The fourth-order valence-electron chi connectivity index (χ4n) is 0.505. The van der Waals surface area contributed by atoms with Gasteiger partial charge < -0.3 is 0 Å². The Morgan fingerprint density at radius 1 is 1.60 bits per heavy atom. The third kappa shape index (κ3) is 1.31. The normalized spacial score (nSPS) is 18.5. The second-order valence-corrected chi connectivity index (χ2v) is 3.32. The number of carbonyl (C=O) groups is 1. The van der Waals surface area contributed by atoms with Crippen LogP contribution >= 0.6 is 0 Å². The number of nitrogens with two attached hydrogens (primary N) is 1. The van der Waals surface area contributed by atoms with Crippen LogP contribution in [0.5, 0.6) is 0 Å². The Bertz CT molecular complexity index is 290. The van der Waals surface area contributed by atoms with E-state index < -0.39 is 15.9 Å². The van der Waals surface area contributed by atoms with Crippen molar-refractivity contribution in [2.45, 2.75) is 6.42 Å². The Kier molecular flexibility index (Phi) is 1.45. The fraction of sp³-hybridized carbons (Fsp3) is 0.333. The van der Waals surface area contributed by atoms with Crippen LogP contribution in [0.15, 0.2) is 5.10 Å². The number of rotatable bonds is 0. The number of nitrogens with zero attached hydrogens (tertiary/aromatic N) is 1. The van der Waals surface area contributed by atoms with Crippen molar-refractivity contribution >= 4 is 21.0 Å². The van der Waals surface area contributed by atoms with E-state index in [0.29, 0.717) is 0 Å². The number of hydrazone groups is 1. The van der Waals surface area contributed by atoms with Crippen molar-refractivity contribution in [2.24, 2.45) is 10.2 Å². The maximum absolute atomic E-state index is 10.4. The zero-order chi connectivity index (χ0) is 7.78.